The second kappa shape index (κ2) is 5.53. The normalized spacial score (nSPS) is 11.6. The average molecular weight is 254 g/mol. The summed E-state index contributed by atoms with van der Waals surface area (Å²) in [5, 5.41) is 9.76. The van der Waals surface area contributed by atoms with Crippen LogP contribution in [0.1, 0.15) is 16.7 Å². The summed E-state index contributed by atoms with van der Waals surface area (Å²) in [7, 11) is 0. The van der Waals surface area contributed by atoms with Crippen LogP contribution in [-0.4, -0.2) is 0 Å². The zero-order valence-electron chi connectivity index (χ0n) is 10.0. The zero-order valence-corrected chi connectivity index (χ0v) is 10.8. The summed E-state index contributed by atoms with van der Waals surface area (Å²) in [6.45, 7) is 2.02. The first-order valence-corrected chi connectivity index (χ1v) is 6.02. The molecule has 88 valence electrons. The van der Waals surface area contributed by atoms with Gasteiger partial charge in [0.05, 0.1) is 10.6 Å². The maximum absolute atomic E-state index is 9.27. The van der Waals surface area contributed by atoms with E-state index in [0.717, 1.165) is 11.1 Å². The Morgan fingerprint density at radius 2 is 1.56 bits per heavy atom. The van der Waals surface area contributed by atoms with Crippen molar-refractivity contribution in [2.45, 2.75) is 6.92 Å². The molecule has 0 aliphatic heterocycles. The zero-order chi connectivity index (χ0) is 13.0. The number of nitrogens with zero attached hydrogens (tertiary/aromatic N) is 1. The van der Waals surface area contributed by atoms with Crippen LogP contribution in [0.15, 0.2) is 54.6 Å². The fourth-order valence-corrected chi connectivity index (χ4v) is 1.97. The molecule has 1 nitrogen and oxygen atoms in total. The number of hydrogen-bond acceptors (Lipinski definition) is 1. The predicted octanol–water partition coefficient (Wildman–Crippen LogP) is 4.63. The largest absolute Gasteiger partial charge is 0.192 e. The summed E-state index contributed by atoms with van der Waals surface area (Å²) >= 11 is 6.32. The van der Waals surface area contributed by atoms with Gasteiger partial charge < -0.3 is 0 Å². The molecule has 0 saturated carbocycles. The topological polar surface area (TPSA) is 23.8 Å². The third kappa shape index (κ3) is 2.61. The summed E-state index contributed by atoms with van der Waals surface area (Å²) in [6.07, 6.45) is 0. The van der Waals surface area contributed by atoms with Crippen LogP contribution in [0.3, 0.4) is 0 Å². The molecule has 0 aliphatic rings. The number of allylic oxidation sites excluding steroid dienone is 1. The van der Waals surface area contributed by atoms with Crippen LogP contribution in [0.5, 0.6) is 0 Å². The lowest BCUT2D eigenvalue weighted by Crippen LogP contribution is -1.86. The van der Waals surface area contributed by atoms with E-state index in [-0.39, 0.29) is 0 Å². The fraction of sp³-hybridized carbons (Fsp3) is 0.0625. The Morgan fingerprint density at radius 1 is 0.944 bits per heavy atom. The fourth-order valence-electron chi connectivity index (χ4n) is 1.69. The number of halogens is 1. The van der Waals surface area contributed by atoms with Crippen molar-refractivity contribution in [3.63, 3.8) is 0 Å². The minimum Gasteiger partial charge on any atom is -0.192 e. The summed E-state index contributed by atoms with van der Waals surface area (Å²) in [6, 6.07) is 19.5. The molecule has 0 atom stereocenters. The van der Waals surface area contributed by atoms with E-state index >= 15 is 0 Å². The molecule has 0 spiro atoms. The molecule has 0 bridgehead atoms. The Kier molecular flexibility index (Phi) is 3.82. The molecule has 18 heavy (non-hydrogen) atoms. The van der Waals surface area contributed by atoms with Gasteiger partial charge in [-0.2, -0.15) is 5.26 Å². The number of hydrogen-bond donors (Lipinski definition) is 0. The predicted molar refractivity (Wildman–Crippen MR) is 75.9 cm³/mol. The van der Waals surface area contributed by atoms with Crippen LogP contribution < -0.4 is 0 Å². The van der Waals surface area contributed by atoms with Gasteiger partial charge in [0.1, 0.15) is 6.07 Å². The van der Waals surface area contributed by atoms with Gasteiger partial charge in [-0.05, 0) is 18.1 Å². The highest BCUT2D eigenvalue weighted by Crippen LogP contribution is 2.29. The number of aryl methyl sites for hydroxylation is 1. The monoisotopic (exact) mass is 253 g/mol. The Morgan fingerprint density at radius 3 is 2.11 bits per heavy atom. The average Bonchev–Trinajstić information content (AvgIpc) is 2.41. The van der Waals surface area contributed by atoms with Crippen molar-refractivity contribution in [2.75, 3.05) is 0 Å². The van der Waals surface area contributed by atoms with Gasteiger partial charge in [0.15, 0.2) is 0 Å². The molecule has 0 fully saturated rings. The van der Waals surface area contributed by atoms with Crippen molar-refractivity contribution < 1.29 is 0 Å². The van der Waals surface area contributed by atoms with Crippen LogP contribution in [-0.2, 0) is 0 Å². The van der Waals surface area contributed by atoms with E-state index in [1.54, 1.807) is 0 Å². The highest BCUT2D eigenvalue weighted by Gasteiger charge is 2.08. The molecule has 2 rings (SSSR count). The van der Waals surface area contributed by atoms with Crippen molar-refractivity contribution in [1.82, 2.24) is 0 Å². The van der Waals surface area contributed by atoms with Crippen molar-refractivity contribution >= 4 is 22.2 Å². The van der Waals surface area contributed by atoms with Gasteiger partial charge in [-0.1, -0.05) is 71.8 Å². The molecule has 0 N–H and O–H groups in total. The first-order chi connectivity index (χ1) is 8.72. The Balaban J connectivity index is 2.51. The van der Waals surface area contributed by atoms with E-state index in [9.17, 15) is 5.26 Å². The number of rotatable bonds is 2. The Labute approximate surface area is 112 Å². The highest BCUT2D eigenvalue weighted by atomic mass is 35.5. The van der Waals surface area contributed by atoms with Crippen molar-refractivity contribution in [1.29, 1.82) is 5.26 Å². The third-order valence-corrected chi connectivity index (χ3v) is 3.11. The molecule has 0 unspecified atom stereocenters. The van der Waals surface area contributed by atoms with Crippen LogP contribution >= 0.6 is 11.6 Å². The van der Waals surface area contributed by atoms with Gasteiger partial charge in [0.25, 0.3) is 0 Å². The molecule has 0 heterocycles. The smallest absolute Gasteiger partial charge is 0.101 e. The molecule has 2 aromatic carbocycles. The van der Waals surface area contributed by atoms with Crippen LogP contribution in [0.4, 0.5) is 0 Å². The van der Waals surface area contributed by atoms with E-state index < -0.39 is 0 Å². The summed E-state index contributed by atoms with van der Waals surface area (Å²) in [5.41, 5.74) is 3.37. The first-order valence-electron chi connectivity index (χ1n) is 5.64. The van der Waals surface area contributed by atoms with Crippen LogP contribution in [0.25, 0.3) is 10.6 Å². The lowest BCUT2D eigenvalue weighted by Gasteiger charge is -2.04. The SMILES string of the molecule is Cc1ccc(/C(Cl)=C(\C#N)c2ccccc2)cc1. The summed E-state index contributed by atoms with van der Waals surface area (Å²) in [5.74, 6) is 0. The van der Waals surface area contributed by atoms with E-state index in [1.165, 1.54) is 5.56 Å². The second-order valence-electron chi connectivity index (χ2n) is 4.03. The van der Waals surface area contributed by atoms with Gasteiger partial charge >= 0.3 is 0 Å². The van der Waals surface area contributed by atoms with E-state index in [0.29, 0.717) is 10.6 Å². The van der Waals surface area contributed by atoms with Crippen molar-refractivity contribution in [2.24, 2.45) is 0 Å². The molecule has 0 saturated heterocycles. The highest BCUT2D eigenvalue weighted by molar-refractivity contribution is 6.53. The quantitative estimate of drug-likeness (QED) is 0.566. The van der Waals surface area contributed by atoms with Crippen molar-refractivity contribution in [3.8, 4) is 6.07 Å². The molecular formula is C16H12ClN. The summed E-state index contributed by atoms with van der Waals surface area (Å²) in [4.78, 5) is 0. The molecule has 0 amide bonds. The minimum absolute atomic E-state index is 0.490. The van der Waals surface area contributed by atoms with Gasteiger partial charge in [0.2, 0.25) is 0 Å². The lowest BCUT2D eigenvalue weighted by molar-refractivity contribution is 1.46. The van der Waals surface area contributed by atoms with E-state index in [4.69, 9.17) is 11.6 Å². The molecule has 2 heteroatoms. The van der Waals surface area contributed by atoms with Gasteiger partial charge in [-0.3, -0.25) is 0 Å². The molecular weight excluding hydrogens is 242 g/mol. The minimum atomic E-state index is 0.490. The lowest BCUT2D eigenvalue weighted by atomic mass is 10.0. The maximum atomic E-state index is 9.27. The summed E-state index contributed by atoms with van der Waals surface area (Å²) < 4.78 is 0. The Bertz CT molecular complexity index is 604. The standard InChI is InChI=1S/C16H12ClN/c1-12-7-9-14(10-8-12)16(17)15(11-18)13-5-3-2-4-6-13/h2-10H,1H3/b16-15-. The molecule has 0 aromatic heterocycles. The maximum Gasteiger partial charge on any atom is 0.101 e. The third-order valence-electron chi connectivity index (χ3n) is 2.70. The molecule has 0 radical (unpaired) electrons. The van der Waals surface area contributed by atoms with Crippen molar-refractivity contribution in [3.05, 3.63) is 71.3 Å². The number of benzene rings is 2. The van der Waals surface area contributed by atoms with Gasteiger partial charge in [-0.25, -0.2) is 0 Å². The second-order valence-corrected chi connectivity index (χ2v) is 4.41. The van der Waals surface area contributed by atoms with Crippen LogP contribution in [0.2, 0.25) is 0 Å². The number of nitriles is 1. The molecule has 2 aromatic rings. The first kappa shape index (κ1) is 12.4. The van der Waals surface area contributed by atoms with E-state index in [2.05, 4.69) is 6.07 Å². The molecule has 0 aliphatic carbocycles. The van der Waals surface area contributed by atoms with Gasteiger partial charge in [-0.15, -0.1) is 0 Å². The van der Waals surface area contributed by atoms with Gasteiger partial charge in [0, 0.05) is 0 Å². The van der Waals surface area contributed by atoms with E-state index in [1.807, 2.05) is 61.5 Å². The Hall–Kier alpha value is -2.04. The van der Waals surface area contributed by atoms with Crippen LogP contribution in [0, 0.1) is 18.3 Å².